The van der Waals surface area contributed by atoms with Crippen molar-refractivity contribution in [3.63, 3.8) is 0 Å². The summed E-state index contributed by atoms with van der Waals surface area (Å²) in [5.41, 5.74) is 4.87. The summed E-state index contributed by atoms with van der Waals surface area (Å²) in [6.45, 7) is 0.460. The minimum absolute atomic E-state index is 0.162. The molecule has 0 radical (unpaired) electrons. The lowest BCUT2D eigenvalue weighted by atomic mass is 10.0. The number of nitrogens with one attached hydrogen (secondary N) is 3. The number of hydrogen-bond donors (Lipinski definition) is 3. The van der Waals surface area contributed by atoms with Crippen LogP contribution in [0.3, 0.4) is 0 Å². The molecule has 0 aliphatic rings. The molecule has 0 spiro atoms. The van der Waals surface area contributed by atoms with Gasteiger partial charge in [0.25, 0.3) is 11.8 Å². The Kier molecular flexibility index (Phi) is 7.42. The fourth-order valence-electron chi connectivity index (χ4n) is 3.37. The highest BCUT2D eigenvalue weighted by molar-refractivity contribution is 7.80. The molecule has 168 valence electrons. The van der Waals surface area contributed by atoms with E-state index in [0.29, 0.717) is 23.4 Å². The number of hydrogen-bond acceptors (Lipinski definition) is 3. The van der Waals surface area contributed by atoms with Crippen LogP contribution in [0.2, 0.25) is 0 Å². The van der Waals surface area contributed by atoms with Gasteiger partial charge in [-0.05, 0) is 65.3 Å². The van der Waals surface area contributed by atoms with Crippen LogP contribution in [0, 0.1) is 0 Å². The van der Waals surface area contributed by atoms with Crippen molar-refractivity contribution in [3.8, 4) is 11.1 Å². The van der Waals surface area contributed by atoms with Gasteiger partial charge in [-0.25, -0.2) is 0 Å². The van der Waals surface area contributed by atoms with Crippen LogP contribution in [0.1, 0.15) is 26.3 Å². The molecule has 4 rings (SSSR count). The highest BCUT2D eigenvalue weighted by Crippen LogP contribution is 2.19. The molecule has 34 heavy (non-hydrogen) atoms. The maximum absolute atomic E-state index is 12.5. The second-order valence-electron chi connectivity index (χ2n) is 7.60. The molecule has 0 fully saturated rings. The Bertz CT molecular complexity index is 1270. The maximum Gasteiger partial charge on any atom is 0.257 e. The van der Waals surface area contributed by atoms with E-state index in [-0.39, 0.29) is 16.9 Å². The predicted octanol–water partition coefficient (Wildman–Crippen LogP) is 5.41. The molecule has 0 heterocycles. The molecule has 0 atom stereocenters. The molecule has 4 aromatic rings. The average Bonchev–Trinajstić information content (AvgIpc) is 2.89. The molecule has 0 aliphatic heterocycles. The van der Waals surface area contributed by atoms with Crippen molar-refractivity contribution < 1.29 is 9.59 Å². The molecular weight excluding hydrogens is 442 g/mol. The third-order valence-corrected chi connectivity index (χ3v) is 5.39. The van der Waals surface area contributed by atoms with E-state index >= 15 is 0 Å². The first-order valence-corrected chi connectivity index (χ1v) is 11.2. The Balaban J connectivity index is 1.28. The second kappa shape index (κ2) is 11.0. The van der Waals surface area contributed by atoms with Crippen LogP contribution in [0.4, 0.5) is 5.69 Å². The van der Waals surface area contributed by atoms with Crippen molar-refractivity contribution in [1.29, 1.82) is 0 Å². The first-order chi connectivity index (χ1) is 16.6. The quantitative estimate of drug-likeness (QED) is 0.333. The van der Waals surface area contributed by atoms with Gasteiger partial charge in [-0.15, -0.1) is 0 Å². The largest absolute Gasteiger partial charge is 0.348 e. The molecule has 2 amide bonds. The van der Waals surface area contributed by atoms with E-state index in [1.807, 2.05) is 72.8 Å². The second-order valence-corrected chi connectivity index (χ2v) is 8.01. The number of benzene rings is 4. The molecule has 0 bridgehead atoms. The number of thiocarbonyl (C=S) groups is 1. The van der Waals surface area contributed by atoms with E-state index < -0.39 is 0 Å². The fourth-order valence-corrected chi connectivity index (χ4v) is 3.58. The summed E-state index contributed by atoms with van der Waals surface area (Å²) in [4.78, 5) is 24.9. The lowest BCUT2D eigenvalue weighted by Crippen LogP contribution is -2.34. The third-order valence-electron chi connectivity index (χ3n) is 5.18. The Hall–Kier alpha value is -4.29. The summed E-state index contributed by atoms with van der Waals surface area (Å²) in [7, 11) is 0. The van der Waals surface area contributed by atoms with Gasteiger partial charge in [0.2, 0.25) is 0 Å². The van der Waals surface area contributed by atoms with Gasteiger partial charge in [-0.3, -0.25) is 14.9 Å². The van der Waals surface area contributed by atoms with Crippen LogP contribution in [0.15, 0.2) is 109 Å². The van der Waals surface area contributed by atoms with E-state index in [4.69, 9.17) is 12.2 Å². The summed E-state index contributed by atoms with van der Waals surface area (Å²) in [5.74, 6) is -0.459. The van der Waals surface area contributed by atoms with E-state index in [1.54, 1.807) is 36.4 Å². The summed E-state index contributed by atoms with van der Waals surface area (Å²) in [5, 5.41) is 8.72. The molecule has 0 saturated heterocycles. The highest BCUT2D eigenvalue weighted by Gasteiger charge is 2.10. The van der Waals surface area contributed by atoms with Crippen LogP contribution in [-0.4, -0.2) is 16.9 Å². The Morgan fingerprint density at radius 2 is 1.15 bits per heavy atom. The summed E-state index contributed by atoms with van der Waals surface area (Å²) >= 11 is 5.27. The lowest BCUT2D eigenvalue weighted by Gasteiger charge is -2.11. The van der Waals surface area contributed by atoms with Gasteiger partial charge in [-0.2, -0.15) is 0 Å². The maximum atomic E-state index is 12.5. The van der Waals surface area contributed by atoms with Crippen molar-refractivity contribution >= 4 is 34.8 Å². The van der Waals surface area contributed by atoms with Gasteiger partial charge >= 0.3 is 0 Å². The molecular formula is C28H23N3O2S. The minimum Gasteiger partial charge on any atom is -0.348 e. The van der Waals surface area contributed by atoms with Gasteiger partial charge in [0.1, 0.15) is 0 Å². The first kappa shape index (κ1) is 22.9. The molecule has 4 aromatic carbocycles. The zero-order valence-electron chi connectivity index (χ0n) is 18.3. The topological polar surface area (TPSA) is 70.2 Å². The Labute approximate surface area is 203 Å². The highest BCUT2D eigenvalue weighted by atomic mass is 32.1. The average molecular weight is 466 g/mol. The summed E-state index contributed by atoms with van der Waals surface area (Å²) in [6, 6.07) is 33.9. The molecule has 0 aliphatic carbocycles. The molecule has 0 unspecified atom stereocenters. The smallest absolute Gasteiger partial charge is 0.257 e. The number of carbonyl (C=O) groups excluding carboxylic acids is 2. The van der Waals surface area contributed by atoms with Crippen molar-refractivity contribution in [3.05, 3.63) is 126 Å². The third kappa shape index (κ3) is 6.15. The van der Waals surface area contributed by atoms with Crippen LogP contribution in [0.25, 0.3) is 11.1 Å². The van der Waals surface area contributed by atoms with Crippen LogP contribution in [0.5, 0.6) is 0 Å². The SMILES string of the molecule is O=C(NCc1ccccc1)c1ccc(NC(=S)NC(=O)c2ccc(-c3ccccc3)cc2)cc1. The molecule has 3 N–H and O–H groups in total. The van der Waals surface area contributed by atoms with Crippen molar-refractivity contribution in [2.24, 2.45) is 0 Å². The van der Waals surface area contributed by atoms with E-state index in [2.05, 4.69) is 16.0 Å². The van der Waals surface area contributed by atoms with Crippen LogP contribution >= 0.6 is 12.2 Å². The van der Waals surface area contributed by atoms with Crippen molar-refractivity contribution in [2.75, 3.05) is 5.32 Å². The normalized spacial score (nSPS) is 10.2. The number of carbonyl (C=O) groups is 2. The lowest BCUT2D eigenvalue weighted by molar-refractivity contribution is 0.0948. The number of amides is 2. The molecule has 0 aromatic heterocycles. The zero-order valence-corrected chi connectivity index (χ0v) is 19.1. The molecule has 5 nitrogen and oxygen atoms in total. The summed E-state index contributed by atoms with van der Waals surface area (Å²) < 4.78 is 0. The van der Waals surface area contributed by atoms with Gasteiger partial charge in [0, 0.05) is 23.4 Å². The van der Waals surface area contributed by atoms with E-state index in [0.717, 1.165) is 16.7 Å². The number of anilines is 1. The first-order valence-electron chi connectivity index (χ1n) is 10.8. The van der Waals surface area contributed by atoms with Gasteiger partial charge in [-0.1, -0.05) is 72.8 Å². The summed E-state index contributed by atoms with van der Waals surface area (Å²) in [6.07, 6.45) is 0. The predicted molar refractivity (Wildman–Crippen MR) is 140 cm³/mol. The standard InChI is InChI=1S/C28H23N3O2S/c32-26(29-19-20-7-3-1-4-8-20)23-15-17-25(18-16-23)30-28(34)31-27(33)24-13-11-22(12-14-24)21-9-5-2-6-10-21/h1-18H,19H2,(H,29,32)(H2,30,31,33,34). The Morgan fingerprint density at radius 3 is 1.79 bits per heavy atom. The van der Waals surface area contributed by atoms with Crippen molar-refractivity contribution in [1.82, 2.24) is 10.6 Å². The fraction of sp³-hybridized carbons (Fsp3) is 0.0357. The van der Waals surface area contributed by atoms with Gasteiger partial charge < -0.3 is 10.6 Å². The van der Waals surface area contributed by atoms with E-state index in [9.17, 15) is 9.59 Å². The van der Waals surface area contributed by atoms with Crippen molar-refractivity contribution in [2.45, 2.75) is 6.54 Å². The number of rotatable bonds is 6. The van der Waals surface area contributed by atoms with E-state index in [1.165, 1.54) is 0 Å². The van der Waals surface area contributed by atoms with Crippen LogP contribution < -0.4 is 16.0 Å². The Morgan fingerprint density at radius 1 is 0.618 bits per heavy atom. The monoisotopic (exact) mass is 465 g/mol. The molecule has 6 heteroatoms. The molecule has 0 saturated carbocycles. The zero-order chi connectivity index (χ0) is 23.8. The van der Waals surface area contributed by atoms with Gasteiger partial charge in [0.15, 0.2) is 5.11 Å². The minimum atomic E-state index is -0.297. The van der Waals surface area contributed by atoms with Gasteiger partial charge in [0.05, 0.1) is 0 Å². The van der Waals surface area contributed by atoms with Crippen LogP contribution in [-0.2, 0) is 6.54 Å².